The SMILES string of the molecule is CCCc1cc2c(C(F)(F)F)noc2c(CCC)c1Oc1ccccc1CC(N)=O. The molecule has 30 heavy (non-hydrogen) atoms. The fraction of sp³-hybridized carbons (Fsp3) is 0.364. The molecular weight excluding hydrogens is 397 g/mol. The van der Waals surface area contributed by atoms with E-state index in [9.17, 15) is 18.0 Å². The number of rotatable bonds is 8. The molecule has 0 saturated heterocycles. The summed E-state index contributed by atoms with van der Waals surface area (Å²) in [4.78, 5) is 11.4. The van der Waals surface area contributed by atoms with E-state index in [0.29, 0.717) is 53.9 Å². The Kier molecular flexibility index (Phi) is 6.34. The number of halogens is 3. The number of alkyl halides is 3. The first kappa shape index (κ1) is 21.7. The van der Waals surface area contributed by atoms with Crippen LogP contribution in [0.25, 0.3) is 11.0 Å². The number of nitrogens with two attached hydrogens (primary N) is 1. The van der Waals surface area contributed by atoms with E-state index >= 15 is 0 Å². The molecule has 1 amide bonds. The molecule has 2 N–H and O–H groups in total. The largest absolute Gasteiger partial charge is 0.456 e. The van der Waals surface area contributed by atoms with Crippen LogP contribution in [0.4, 0.5) is 13.2 Å². The maximum absolute atomic E-state index is 13.4. The van der Waals surface area contributed by atoms with Crippen molar-refractivity contribution in [2.24, 2.45) is 5.73 Å². The predicted octanol–water partition coefficient (Wildman–Crippen LogP) is 5.57. The van der Waals surface area contributed by atoms with Crippen molar-refractivity contribution in [2.75, 3.05) is 0 Å². The summed E-state index contributed by atoms with van der Waals surface area (Å²) in [6.07, 6.45) is -2.27. The number of fused-ring (bicyclic) bond motifs is 1. The third-order valence-corrected chi connectivity index (χ3v) is 4.72. The highest BCUT2D eigenvalue weighted by molar-refractivity contribution is 5.87. The summed E-state index contributed by atoms with van der Waals surface area (Å²) >= 11 is 0. The molecule has 1 aromatic heterocycles. The first-order valence-corrected chi connectivity index (χ1v) is 9.81. The fourth-order valence-electron chi connectivity index (χ4n) is 3.50. The second-order valence-electron chi connectivity index (χ2n) is 7.10. The summed E-state index contributed by atoms with van der Waals surface area (Å²) in [5.74, 6) is 0.378. The molecule has 1 heterocycles. The molecule has 0 fully saturated rings. The number of aryl methyl sites for hydroxylation is 2. The van der Waals surface area contributed by atoms with Gasteiger partial charge in [0, 0.05) is 11.1 Å². The van der Waals surface area contributed by atoms with Crippen molar-refractivity contribution < 1.29 is 27.2 Å². The Morgan fingerprint density at radius 2 is 1.83 bits per heavy atom. The van der Waals surface area contributed by atoms with Gasteiger partial charge in [-0.05, 0) is 30.5 Å². The van der Waals surface area contributed by atoms with Crippen LogP contribution in [-0.4, -0.2) is 11.1 Å². The smallest absolute Gasteiger partial charge is 0.437 e. The molecule has 0 saturated carbocycles. The van der Waals surface area contributed by atoms with Gasteiger partial charge in [0.2, 0.25) is 5.91 Å². The summed E-state index contributed by atoms with van der Waals surface area (Å²) in [5.41, 5.74) is 6.15. The number of para-hydroxylation sites is 1. The Bertz CT molecular complexity index is 1060. The van der Waals surface area contributed by atoms with Crippen molar-refractivity contribution in [3.63, 3.8) is 0 Å². The quantitative estimate of drug-likeness (QED) is 0.517. The zero-order valence-electron chi connectivity index (χ0n) is 16.8. The summed E-state index contributed by atoms with van der Waals surface area (Å²) in [5, 5.41) is 3.24. The van der Waals surface area contributed by atoms with Crippen molar-refractivity contribution in [3.8, 4) is 11.5 Å². The lowest BCUT2D eigenvalue weighted by molar-refractivity contribution is -0.141. The van der Waals surface area contributed by atoms with Gasteiger partial charge in [0.1, 0.15) is 11.5 Å². The summed E-state index contributed by atoms with van der Waals surface area (Å²) in [6, 6.07) is 8.40. The monoisotopic (exact) mass is 420 g/mol. The molecule has 0 aliphatic rings. The van der Waals surface area contributed by atoms with Crippen molar-refractivity contribution in [3.05, 3.63) is 52.7 Å². The third-order valence-electron chi connectivity index (χ3n) is 4.72. The molecule has 0 unspecified atom stereocenters. The highest BCUT2D eigenvalue weighted by Crippen LogP contribution is 2.42. The molecule has 0 aliphatic carbocycles. The number of primary amides is 1. The van der Waals surface area contributed by atoms with Gasteiger partial charge in [0.25, 0.3) is 0 Å². The number of carbonyl (C=O) groups is 1. The summed E-state index contributed by atoms with van der Waals surface area (Å²) < 4.78 is 51.6. The molecule has 160 valence electrons. The van der Waals surface area contributed by atoms with Crippen molar-refractivity contribution >= 4 is 16.9 Å². The van der Waals surface area contributed by atoms with Crippen LogP contribution in [0.1, 0.15) is 49.1 Å². The number of benzene rings is 2. The topological polar surface area (TPSA) is 78.3 Å². The van der Waals surface area contributed by atoms with E-state index in [4.69, 9.17) is 15.0 Å². The number of hydrogen-bond donors (Lipinski definition) is 1. The van der Waals surface area contributed by atoms with Gasteiger partial charge >= 0.3 is 6.18 Å². The lowest BCUT2D eigenvalue weighted by Gasteiger charge is -2.18. The number of carbonyl (C=O) groups excluding carboxylic acids is 1. The molecule has 8 heteroatoms. The first-order chi connectivity index (χ1) is 14.3. The molecule has 0 atom stereocenters. The Balaban J connectivity index is 2.22. The number of aromatic nitrogens is 1. The molecule has 2 aromatic carbocycles. The highest BCUT2D eigenvalue weighted by Gasteiger charge is 2.38. The van der Waals surface area contributed by atoms with E-state index < -0.39 is 17.8 Å². The molecular formula is C22H23F3N2O3. The van der Waals surface area contributed by atoms with Gasteiger partial charge in [0.05, 0.1) is 11.8 Å². The first-order valence-electron chi connectivity index (χ1n) is 9.81. The third kappa shape index (κ3) is 4.42. The Hall–Kier alpha value is -3.03. The van der Waals surface area contributed by atoms with E-state index in [0.717, 1.165) is 0 Å². The maximum atomic E-state index is 13.4. The van der Waals surface area contributed by atoms with Gasteiger partial charge in [-0.3, -0.25) is 4.79 Å². The minimum Gasteiger partial charge on any atom is -0.456 e. The molecule has 3 rings (SSSR count). The average Bonchev–Trinajstić information content (AvgIpc) is 3.09. The van der Waals surface area contributed by atoms with Crippen LogP contribution < -0.4 is 10.5 Å². The van der Waals surface area contributed by atoms with Crippen molar-refractivity contribution in [1.29, 1.82) is 0 Å². The molecule has 0 aliphatic heterocycles. The van der Waals surface area contributed by atoms with Crippen LogP contribution in [0.2, 0.25) is 0 Å². The van der Waals surface area contributed by atoms with E-state index in [1.54, 1.807) is 24.3 Å². The number of hydrogen-bond acceptors (Lipinski definition) is 4. The number of ether oxygens (including phenoxy) is 1. The number of nitrogens with zero attached hydrogens (tertiary/aromatic N) is 1. The van der Waals surface area contributed by atoms with Crippen molar-refractivity contribution in [1.82, 2.24) is 5.16 Å². The van der Waals surface area contributed by atoms with Crippen LogP contribution in [0.15, 0.2) is 34.9 Å². The summed E-state index contributed by atoms with van der Waals surface area (Å²) in [6.45, 7) is 3.86. The zero-order chi connectivity index (χ0) is 21.9. The highest BCUT2D eigenvalue weighted by atomic mass is 19.4. The van der Waals surface area contributed by atoms with E-state index in [-0.39, 0.29) is 17.4 Å². The molecule has 0 spiro atoms. The van der Waals surface area contributed by atoms with Gasteiger partial charge < -0.3 is 15.0 Å². The second kappa shape index (κ2) is 8.77. The Morgan fingerprint density at radius 1 is 1.13 bits per heavy atom. The van der Waals surface area contributed by atoms with Gasteiger partial charge in [-0.25, -0.2) is 0 Å². The fourth-order valence-corrected chi connectivity index (χ4v) is 3.50. The van der Waals surface area contributed by atoms with Gasteiger partial charge in [0.15, 0.2) is 11.3 Å². The minimum absolute atomic E-state index is 0.00876. The standard InChI is InChI=1S/C22H23F3N2O3/c1-3-7-14-11-16-20(30-27-21(16)22(23,24)25)15(8-4-2)19(14)29-17-10-6-5-9-13(17)12-18(26)28/h5-6,9-11H,3-4,7-8,12H2,1-2H3,(H2,26,28). The molecule has 0 radical (unpaired) electrons. The lowest BCUT2D eigenvalue weighted by Crippen LogP contribution is -2.14. The van der Waals surface area contributed by atoms with Gasteiger partial charge in [-0.15, -0.1) is 0 Å². The number of amides is 1. The Labute approximate surface area is 172 Å². The maximum Gasteiger partial charge on any atom is 0.437 e. The van der Waals surface area contributed by atoms with Crippen LogP contribution >= 0.6 is 0 Å². The predicted molar refractivity (Wildman–Crippen MR) is 106 cm³/mol. The average molecular weight is 420 g/mol. The Morgan fingerprint density at radius 3 is 2.47 bits per heavy atom. The van der Waals surface area contributed by atoms with E-state index in [2.05, 4.69) is 5.16 Å². The minimum atomic E-state index is -4.62. The second-order valence-corrected chi connectivity index (χ2v) is 7.10. The van der Waals surface area contributed by atoms with Crippen LogP contribution in [0.3, 0.4) is 0 Å². The van der Waals surface area contributed by atoms with Gasteiger partial charge in [-0.2, -0.15) is 13.2 Å². The normalized spacial score (nSPS) is 11.8. The van der Waals surface area contributed by atoms with Crippen LogP contribution in [0.5, 0.6) is 11.5 Å². The van der Waals surface area contributed by atoms with E-state index in [1.165, 1.54) is 6.07 Å². The zero-order valence-corrected chi connectivity index (χ0v) is 16.8. The lowest BCUT2D eigenvalue weighted by atomic mass is 9.97. The van der Waals surface area contributed by atoms with Crippen molar-refractivity contribution in [2.45, 2.75) is 52.1 Å². The van der Waals surface area contributed by atoms with Gasteiger partial charge in [-0.1, -0.05) is 50.0 Å². The molecule has 3 aromatic rings. The van der Waals surface area contributed by atoms with Crippen LogP contribution in [0, 0.1) is 0 Å². The molecule has 0 bridgehead atoms. The van der Waals surface area contributed by atoms with Crippen LogP contribution in [-0.2, 0) is 30.2 Å². The molecule has 5 nitrogen and oxygen atoms in total. The van der Waals surface area contributed by atoms with E-state index in [1.807, 2.05) is 13.8 Å². The summed E-state index contributed by atoms with van der Waals surface area (Å²) in [7, 11) is 0.